The summed E-state index contributed by atoms with van der Waals surface area (Å²) in [7, 11) is 0. The molecule has 2 nitrogen and oxygen atoms in total. The Morgan fingerprint density at radius 3 is 2.40 bits per heavy atom. The minimum absolute atomic E-state index is 0. The summed E-state index contributed by atoms with van der Waals surface area (Å²) in [5, 5.41) is 9.69. The van der Waals surface area contributed by atoms with E-state index in [-0.39, 0.29) is 18.4 Å². The Hall–Kier alpha value is -0.730. The molecule has 3 heteroatoms. The molecule has 1 rings (SSSR count). The molecular weight excluding hydrogens is 210 g/mol. The predicted octanol–water partition coefficient (Wildman–Crippen LogP) is 3.17. The number of aromatic hydroxyl groups is 1. The highest BCUT2D eigenvalue weighted by molar-refractivity contribution is 5.85. The molecule has 0 fully saturated rings. The SMILES string of the molecule is Cc1ccc([C@H](N)CC(C)C)c(O)c1.Cl. The van der Waals surface area contributed by atoms with Crippen molar-refractivity contribution in [3.05, 3.63) is 29.3 Å². The number of halogens is 1. The first-order chi connectivity index (χ1) is 6.50. The van der Waals surface area contributed by atoms with Crippen LogP contribution in [0.5, 0.6) is 5.75 Å². The zero-order valence-electron chi connectivity index (χ0n) is 9.53. The summed E-state index contributed by atoms with van der Waals surface area (Å²) in [6.07, 6.45) is 0.899. The van der Waals surface area contributed by atoms with Gasteiger partial charge in [-0.05, 0) is 30.9 Å². The molecule has 0 amide bonds. The average molecular weight is 230 g/mol. The maximum Gasteiger partial charge on any atom is 0.120 e. The Morgan fingerprint density at radius 1 is 1.33 bits per heavy atom. The lowest BCUT2D eigenvalue weighted by Gasteiger charge is -2.15. The van der Waals surface area contributed by atoms with E-state index < -0.39 is 0 Å². The molecule has 0 aliphatic carbocycles. The van der Waals surface area contributed by atoms with Crippen LogP contribution in [0.15, 0.2) is 18.2 Å². The van der Waals surface area contributed by atoms with Gasteiger partial charge < -0.3 is 10.8 Å². The third-order valence-electron chi connectivity index (χ3n) is 2.31. The molecule has 15 heavy (non-hydrogen) atoms. The molecule has 0 heterocycles. The highest BCUT2D eigenvalue weighted by Gasteiger charge is 2.11. The maximum atomic E-state index is 9.69. The van der Waals surface area contributed by atoms with Crippen LogP contribution in [-0.2, 0) is 0 Å². The number of aryl methyl sites for hydroxylation is 1. The Bertz CT molecular complexity index is 312. The summed E-state index contributed by atoms with van der Waals surface area (Å²) >= 11 is 0. The summed E-state index contributed by atoms with van der Waals surface area (Å²) in [4.78, 5) is 0. The van der Waals surface area contributed by atoms with Crippen LogP contribution in [0.2, 0.25) is 0 Å². The minimum atomic E-state index is -0.0596. The Labute approximate surface area is 97.9 Å². The number of phenols is 1. The first-order valence-electron chi connectivity index (χ1n) is 5.05. The summed E-state index contributed by atoms with van der Waals surface area (Å²) < 4.78 is 0. The van der Waals surface area contributed by atoms with E-state index in [1.54, 1.807) is 6.07 Å². The second-order valence-electron chi connectivity index (χ2n) is 4.30. The van der Waals surface area contributed by atoms with Crippen molar-refractivity contribution < 1.29 is 5.11 Å². The van der Waals surface area contributed by atoms with Crippen molar-refractivity contribution in [2.24, 2.45) is 11.7 Å². The third kappa shape index (κ3) is 4.10. The molecule has 1 atom stereocenters. The van der Waals surface area contributed by atoms with Gasteiger partial charge in [-0.3, -0.25) is 0 Å². The van der Waals surface area contributed by atoms with Gasteiger partial charge in [-0.1, -0.05) is 26.0 Å². The van der Waals surface area contributed by atoms with E-state index >= 15 is 0 Å². The molecule has 0 aliphatic heterocycles. The number of nitrogens with two attached hydrogens (primary N) is 1. The average Bonchev–Trinajstić information content (AvgIpc) is 2.01. The second kappa shape index (κ2) is 5.99. The van der Waals surface area contributed by atoms with Gasteiger partial charge in [0.1, 0.15) is 5.75 Å². The molecule has 0 aliphatic rings. The zero-order chi connectivity index (χ0) is 10.7. The number of hydrogen-bond donors (Lipinski definition) is 2. The lowest BCUT2D eigenvalue weighted by molar-refractivity contribution is 0.445. The van der Waals surface area contributed by atoms with Gasteiger partial charge in [0.05, 0.1) is 0 Å². The molecule has 0 radical (unpaired) electrons. The van der Waals surface area contributed by atoms with E-state index in [9.17, 15) is 5.11 Å². The molecular formula is C12H20ClNO. The van der Waals surface area contributed by atoms with Gasteiger partial charge in [0.25, 0.3) is 0 Å². The van der Waals surface area contributed by atoms with Crippen molar-refractivity contribution in [2.45, 2.75) is 33.2 Å². The van der Waals surface area contributed by atoms with Crippen LogP contribution in [0, 0.1) is 12.8 Å². The smallest absolute Gasteiger partial charge is 0.120 e. The zero-order valence-corrected chi connectivity index (χ0v) is 10.3. The van der Waals surface area contributed by atoms with Crippen LogP contribution in [0.4, 0.5) is 0 Å². The second-order valence-corrected chi connectivity index (χ2v) is 4.30. The maximum absolute atomic E-state index is 9.69. The predicted molar refractivity (Wildman–Crippen MR) is 66.5 cm³/mol. The van der Waals surface area contributed by atoms with Gasteiger partial charge in [0.15, 0.2) is 0 Å². The van der Waals surface area contributed by atoms with Crippen molar-refractivity contribution in [1.29, 1.82) is 0 Å². The van der Waals surface area contributed by atoms with Crippen molar-refractivity contribution in [3.8, 4) is 5.75 Å². The van der Waals surface area contributed by atoms with Crippen molar-refractivity contribution in [1.82, 2.24) is 0 Å². The quantitative estimate of drug-likeness (QED) is 0.837. The fourth-order valence-corrected chi connectivity index (χ4v) is 1.60. The van der Waals surface area contributed by atoms with Crippen LogP contribution in [-0.4, -0.2) is 5.11 Å². The first-order valence-corrected chi connectivity index (χ1v) is 5.05. The topological polar surface area (TPSA) is 46.2 Å². The highest BCUT2D eigenvalue weighted by Crippen LogP contribution is 2.27. The van der Waals surface area contributed by atoms with Crippen LogP contribution < -0.4 is 5.73 Å². The van der Waals surface area contributed by atoms with E-state index in [4.69, 9.17) is 5.73 Å². The largest absolute Gasteiger partial charge is 0.508 e. The minimum Gasteiger partial charge on any atom is -0.508 e. The van der Waals surface area contributed by atoms with Crippen LogP contribution in [0.25, 0.3) is 0 Å². The van der Waals surface area contributed by atoms with Gasteiger partial charge in [-0.2, -0.15) is 0 Å². The van der Waals surface area contributed by atoms with E-state index in [0.717, 1.165) is 17.5 Å². The summed E-state index contributed by atoms with van der Waals surface area (Å²) in [5.41, 5.74) is 7.90. The van der Waals surface area contributed by atoms with Crippen molar-refractivity contribution >= 4 is 12.4 Å². The molecule has 1 aromatic carbocycles. The number of rotatable bonds is 3. The summed E-state index contributed by atoms with van der Waals surface area (Å²) in [6, 6.07) is 5.60. The van der Waals surface area contributed by atoms with Gasteiger partial charge in [0.2, 0.25) is 0 Å². The van der Waals surface area contributed by atoms with E-state index in [2.05, 4.69) is 13.8 Å². The van der Waals surface area contributed by atoms with E-state index in [1.165, 1.54) is 0 Å². The molecule has 1 aromatic rings. The van der Waals surface area contributed by atoms with Gasteiger partial charge >= 0.3 is 0 Å². The Kier molecular flexibility index (Phi) is 5.69. The standard InChI is InChI=1S/C12H19NO.ClH/c1-8(2)6-11(13)10-5-4-9(3)7-12(10)14;/h4-5,7-8,11,14H,6,13H2,1-3H3;1H/t11-;/m1./s1. The van der Waals surface area contributed by atoms with E-state index in [0.29, 0.717) is 11.7 Å². The third-order valence-corrected chi connectivity index (χ3v) is 2.31. The monoisotopic (exact) mass is 229 g/mol. The molecule has 0 spiro atoms. The summed E-state index contributed by atoms with van der Waals surface area (Å²) in [6.45, 7) is 6.22. The molecule has 0 aromatic heterocycles. The lowest BCUT2D eigenvalue weighted by Crippen LogP contribution is -2.13. The number of benzene rings is 1. The molecule has 0 saturated carbocycles. The first kappa shape index (κ1) is 14.3. The molecule has 0 bridgehead atoms. The van der Waals surface area contributed by atoms with Crippen molar-refractivity contribution in [2.75, 3.05) is 0 Å². The Balaban J connectivity index is 0.00000196. The summed E-state index contributed by atoms with van der Waals surface area (Å²) in [5.74, 6) is 0.865. The normalized spacial score (nSPS) is 12.3. The van der Waals surface area contributed by atoms with Crippen LogP contribution >= 0.6 is 12.4 Å². The van der Waals surface area contributed by atoms with Gasteiger partial charge in [-0.15, -0.1) is 12.4 Å². The fraction of sp³-hybridized carbons (Fsp3) is 0.500. The van der Waals surface area contributed by atoms with Gasteiger partial charge in [-0.25, -0.2) is 0 Å². The highest BCUT2D eigenvalue weighted by atomic mass is 35.5. The fourth-order valence-electron chi connectivity index (χ4n) is 1.60. The van der Waals surface area contributed by atoms with Crippen molar-refractivity contribution in [3.63, 3.8) is 0 Å². The Morgan fingerprint density at radius 2 is 1.93 bits per heavy atom. The number of hydrogen-bond acceptors (Lipinski definition) is 2. The molecule has 0 unspecified atom stereocenters. The molecule has 0 saturated heterocycles. The number of phenolic OH excluding ortho intramolecular Hbond substituents is 1. The van der Waals surface area contributed by atoms with Crippen LogP contribution in [0.3, 0.4) is 0 Å². The lowest BCUT2D eigenvalue weighted by atomic mass is 9.96. The van der Waals surface area contributed by atoms with Crippen LogP contribution in [0.1, 0.15) is 37.4 Å². The molecule has 3 N–H and O–H groups in total. The van der Waals surface area contributed by atoms with E-state index in [1.807, 2.05) is 19.1 Å². The molecule has 86 valence electrons. The van der Waals surface area contributed by atoms with Gasteiger partial charge in [0, 0.05) is 11.6 Å².